The number of carbonyl (C=O) groups excluding carboxylic acids is 2. The number of benzene rings is 1. The summed E-state index contributed by atoms with van der Waals surface area (Å²) in [5.41, 5.74) is 0. The molecule has 1 amide bonds. The molecule has 4 nitrogen and oxygen atoms in total. The highest BCUT2D eigenvalue weighted by atomic mass is 32.2. The molecule has 0 spiro atoms. The maximum atomic E-state index is 11.2. The fraction of sp³-hybridized carbons (Fsp3) is 0.200. The van der Waals surface area contributed by atoms with Crippen molar-refractivity contribution in [3.05, 3.63) is 30.3 Å². The largest absolute Gasteiger partial charge is 0.458 e. The van der Waals surface area contributed by atoms with Crippen LogP contribution in [0.25, 0.3) is 0 Å². The van der Waals surface area contributed by atoms with Gasteiger partial charge in [-0.2, -0.15) is 0 Å². The van der Waals surface area contributed by atoms with Gasteiger partial charge < -0.3 is 4.74 Å². The number of nitrogens with one attached hydrogen (secondary N) is 1. The lowest BCUT2D eigenvalue weighted by Crippen LogP contribution is -2.12. The second kappa shape index (κ2) is 7.19. The summed E-state index contributed by atoms with van der Waals surface area (Å²) in [7, 11) is 0. The van der Waals surface area contributed by atoms with Crippen molar-refractivity contribution in [2.45, 2.75) is 11.8 Å². The van der Waals surface area contributed by atoms with Gasteiger partial charge in [0.25, 0.3) is 5.24 Å². The van der Waals surface area contributed by atoms with E-state index in [2.05, 4.69) is 9.46 Å². The number of rotatable bonds is 3. The van der Waals surface area contributed by atoms with Crippen LogP contribution in [0.2, 0.25) is 0 Å². The van der Waals surface area contributed by atoms with E-state index in [9.17, 15) is 9.59 Å². The molecule has 0 aliphatic carbocycles. The van der Waals surface area contributed by atoms with E-state index in [-0.39, 0.29) is 6.61 Å². The zero-order valence-corrected chi connectivity index (χ0v) is 10.3. The molecule has 0 aliphatic rings. The Bertz CT molecular complexity index is 356. The maximum Gasteiger partial charge on any atom is 0.376 e. The molecule has 1 N–H and O–H groups in total. The Hall–Kier alpha value is -1.14. The van der Waals surface area contributed by atoms with E-state index < -0.39 is 10.5 Å². The molecule has 0 bridgehead atoms. The Kier molecular flexibility index (Phi) is 5.81. The molecular formula is C10H11NO3S2. The minimum atomic E-state index is -0.589. The zero-order chi connectivity index (χ0) is 11.8. The molecule has 1 aromatic rings. The van der Waals surface area contributed by atoms with Crippen LogP contribution in [-0.2, 0) is 4.74 Å². The summed E-state index contributed by atoms with van der Waals surface area (Å²) in [5, 5.41) is -1.03. The SMILES string of the molecule is CCOC(=O)SC(=O)NSc1ccccc1. The Balaban J connectivity index is 2.28. The molecule has 0 fully saturated rings. The number of carbonyl (C=O) groups is 2. The van der Waals surface area contributed by atoms with Gasteiger partial charge >= 0.3 is 5.30 Å². The second-order valence-corrected chi connectivity index (χ2v) is 4.38. The first kappa shape index (κ1) is 12.9. The first-order valence-corrected chi connectivity index (χ1v) is 6.22. The summed E-state index contributed by atoms with van der Waals surface area (Å²) in [6.07, 6.45) is 0. The van der Waals surface area contributed by atoms with Gasteiger partial charge in [0.2, 0.25) is 0 Å². The fourth-order valence-electron chi connectivity index (χ4n) is 0.833. The predicted octanol–water partition coefficient (Wildman–Crippen LogP) is 3.29. The first-order chi connectivity index (χ1) is 7.72. The molecule has 6 heteroatoms. The molecule has 0 saturated carbocycles. The van der Waals surface area contributed by atoms with E-state index in [0.29, 0.717) is 11.8 Å². The van der Waals surface area contributed by atoms with Gasteiger partial charge in [-0.1, -0.05) is 18.2 Å². The van der Waals surface area contributed by atoms with Crippen molar-refractivity contribution < 1.29 is 14.3 Å². The number of ether oxygens (including phenoxy) is 1. The minimum absolute atomic E-state index is 0.269. The summed E-state index contributed by atoms with van der Waals surface area (Å²) in [6.45, 7) is 1.96. The molecule has 16 heavy (non-hydrogen) atoms. The van der Waals surface area contributed by atoms with Gasteiger partial charge in [-0.15, -0.1) is 0 Å². The third-order valence-corrected chi connectivity index (χ3v) is 2.93. The van der Waals surface area contributed by atoms with Crippen LogP contribution in [0.3, 0.4) is 0 Å². The highest BCUT2D eigenvalue weighted by molar-refractivity contribution is 8.26. The highest BCUT2D eigenvalue weighted by Crippen LogP contribution is 2.16. The van der Waals surface area contributed by atoms with E-state index in [1.54, 1.807) is 6.92 Å². The summed E-state index contributed by atoms with van der Waals surface area (Å²) in [4.78, 5) is 23.1. The summed E-state index contributed by atoms with van der Waals surface area (Å²) in [5.74, 6) is 0. The maximum absolute atomic E-state index is 11.2. The van der Waals surface area contributed by atoms with E-state index in [1.165, 1.54) is 0 Å². The van der Waals surface area contributed by atoms with E-state index >= 15 is 0 Å². The standard InChI is InChI=1S/C10H11NO3S2/c1-2-14-10(13)15-9(12)11-16-8-6-4-3-5-7-8/h3-7H,2H2,1H3,(H,11,12). The van der Waals surface area contributed by atoms with E-state index in [1.807, 2.05) is 30.3 Å². The summed E-state index contributed by atoms with van der Waals surface area (Å²) < 4.78 is 7.15. The monoisotopic (exact) mass is 257 g/mol. The van der Waals surface area contributed by atoms with Crippen LogP contribution in [-0.4, -0.2) is 17.1 Å². The molecule has 1 aromatic carbocycles. The molecular weight excluding hydrogens is 246 g/mol. The van der Waals surface area contributed by atoms with Crippen molar-refractivity contribution in [3.63, 3.8) is 0 Å². The van der Waals surface area contributed by atoms with Crippen LogP contribution < -0.4 is 4.72 Å². The van der Waals surface area contributed by atoms with E-state index in [4.69, 9.17) is 0 Å². The molecule has 0 aromatic heterocycles. The van der Waals surface area contributed by atoms with Gasteiger partial charge in [0.1, 0.15) is 0 Å². The third-order valence-electron chi connectivity index (χ3n) is 1.43. The number of thioether (sulfide) groups is 1. The van der Waals surface area contributed by atoms with Gasteiger partial charge in [-0.3, -0.25) is 9.52 Å². The fourth-order valence-corrected chi connectivity index (χ4v) is 1.95. The highest BCUT2D eigenvalue weighted by Gasteiger charge is 2.11. The van der Waals surface area contributed by atoms with Gasteiger partial charge in [-0.05, 0) is 31.0 Å². The third kappa shape index (κ3) is 5.09. The zero-order valence-electron chi connectivity index (χ0n) is 8.64. The van der Waals surface area contributed by atoms with Crippen LogP contribution in [0.5, 0.6) is 0 Å². The van der Waals surface area contributed by atoms with Crippen molar-refractivity contribution in [2.24, 2.45) is 0 Å². The van der Waals surface area contributed by atoms with Gasteiger partial charge in [0.05, 0.1) is 18.4 Å². The predicted molar refractivity (Wildman–Crippen MR) is 65.4 cm³/mol. The van der Waals surface area contributed by atoms with Crippen molar-refractivity contribution in [1.82, 2.24) is 4.72 Å². The molecule has 0 aliphatic heterocycles. The first-order valence-electron chi connectivity index (χ1n) is 4.59. The summed E-state index contributed by atoms with van der Waals surface area (Å²) in [6, 6.07) is 9.35. The molecule has 0 radical (unpaired) electrons. The van der Waals surface area contributed by atoms with Crippen LogP contribution in [0.1, 0.15) is 6.92 Å². The topological polar surface area (TPSA) is 55.4 Å². The smallest absolute Gasteiger partial charge is 0.376 e. The van der Waals surface area contributed by atoms with Crippen LogP contribution in [0, 0.1) is 0 Å². The number of hydrogen-bond donors (Lipinski definition) is 1. The van der Waals surface area contributed by atoms with Crippen molar-refractivity contribution in [2.75, 3.05) is 6.61 Å². The van der Waals surface area contributed by atoms with Gasteiger partial charge in [0, 0.05) is 4.90 Å². The second-order valence-electron chi connectivity index (χ2n) is 2.59. The van der Waals surface area contributed by atoms with E-state index in [0.717, 1.165) is 16.8 Å². The van der Waals surface area contributed by atoms with Gasteiger partial charge in [-0.25, -0.2) is 4.79 Å². The Morgan fingerprint density at radius 1 is 1.31 bits per heavy atom. The lowest BCUT2D eigenvalue weighted by molar-refractivity contribution is 0.181. The lowest BCUT2D eigenvalue weighted by Gasteiger charge is -2.02. The molecule has 86 valence electrons. The quantitative estimate of drug-likeness (QED) is 0.665. The summed E-state index contributed by atoms with van der Waals surface area (Å²) >= 11 is 1.67. The average molecular weight is 257 g/mol. The Morgan fingerprint density at radius 2 is 2.00 bits per heavy atom. The minimum Gasteiger partial charge on any atom is -0.458 e. The Labute approximate surface area is 102 Å². The Morgan fingerprint density at radius 3 is 2.62 bits per heavy atom. The van der Waals surface area contributed by atoms with Crippen molar-refractivity contribution in [3.8, 4) is 0 Å². The van der Waals surface area contributed by atoms with Crippen LogP contribution in [0.4, 0.5) is 9.59 Å². The number of hydrogen-bond acceptors (Lipinski definition) is 5. The average Bonchev–Trinajstić information content (AvgIpc) is 2.28. The van der Waals surface area contributed by atoms with Crippen molar-refractivity contribution >= 4 is 34.3 Å². The molecule has 0 atom stereocenters. The van der Waals surface area contributed by atoms with Crippen LogP contribution >= 0.6 is 23.7 Å². The lowest BCUT2D eigenvalue weighted by atomic mass is 10.4. The van der Waals surface area contributed by atoms with Crippen molar-refractivity contribution in [1.29, 1.82) is 0 Å². The number of amides is 1. The normalized spacial score (nSPS) is 9.56. The molecule has 0 heterocycles. The molecule has 0 unspecified atom stereocenters. The molecule has 0 saturated heterocycles. The van der Waals surface area contributed by atoms with Gasteiger partial charge in [0.15, 0.2) is 0 Å². The van der Waals surface area contributed by atoms with Crippen LogP contribution in [0.15, 0.2) is 35.2 Å². The molecule has 1 rings (SSSR count).